The molecule has 0 spiro atoms. The minimum Gasteiger partial charge on any atom is -0.481 e. The lowest BCUT2D eigenvalue weighted by Crippen LogP contribution is -2.04. The highest BCUT2D eigenvalue weighted by molar-refractivity contribution is 7.53. The topological polar surface area (TPSA) is 93.1 Å². The first kappa shape index (κ1) is 9.58. The highest BCUT2D eigenvalue weighted by atomic mass is 31.2. The average Bonchev–Trinajstić information content (AvgIpc) is 1.59. The Kier molecular flexibility index (Phi) is 3.52. The van der Waals surface area contributed by atoms with E-state index in [9.17, 15) is 9.36 Å². The number of carboxylic acids is 1. The fourth-order valence-electron chi connectivity index (χ4n) is 0.314. The zero-order valence-electron chi connectivity index (χ0n) is 5.18. The van der Waals surface area contributed by atoms with Crippen molar-refractivity contribution in [3.8, 4) is 0 Å². The van der Waals surface area contributed by atoms with Crippen LogP contribution in [0.5, 0.6) is 0 Å². The third-order valence-corrected chi connectivity index (χ3v) is 1.58. The molecule has 0 aromatic heterocycles. The monoisotopic (exact) mass is 170 g/mol. The standard InChI is InChI=1S/C3H7O6P/c1-8-9-10(6,7)2-3(4)5/h2H2,1H3,(H,4,5)(H,6,7). The van der Waals surface area contributed by atoms with Gasteiger partial charge >= 0.3 is 13.6 Å². The van der Waals surface area contributed by atoms with Crippen molar-refractivity contribution in [3.63, 3.8) is 0 Å². The van der Waals surface area contributed by atoms with Crippen LogP contribution < -0.4 is 0 Å². The van der Waals surface area contributed by atoms with E-state index in [1.165, 1.54) is 0 Å². The number of carboxylic acid groups (broad SMARTS) is 1. The summed E-state index contributed by atoms with van der Waals surface area (Å²) in [6, 6.07) is 0. The maximum absolute atomic E-state index is 10.5. The summed E-state index contributed by atoms with van der Waals surface area (Å²) in [4.78, 5) is 22.2. The molecular formula is C3H7O6P. The predicted octanol–water partition coefficient (Wildman–Crippen LogP) is -0.166. The van der Waals surface area contributed by atoms with Crippen molar-refractivity contribution in [2.45, 2.75) is 0 Å². The van der Waals surface area contributed by atoms with Crippen LogP contribution in [-0.2, 0) is 18.9 Å². The van der Waals surface area contributed by atoms with Crippen molar-refractivity contribution >= 4 is 13.6 Å². The van der Waals surface area contributed by atoms with E-state index in [1.54, 1.807) is 0 Å². The summed E-state index contributed by atoms with van der Waals surface area (Å²) in [7, 11) is -3.05. The van der Waals surface area contributed by atoms with Crippen LogP contribution >= 0.6 is 7.60 Å². The zero-order valence-corrected chi connectivity index (χ0v) is 6.08. The molecule has 0 aliphatic heterocycles. The maximum atomic E-state index is 10.5. The third kappa shape index (κ3) is 4.46. The molecule has 10 heavy (non-hydrogen) atoms. The van der Waals surface area contributed by atoms with Crippen molar-refractivity contribution in [2.24, 2.45) is 0 Å². The minimum absolute atomic E-state index is 0.958. The molecular weight excluding hydrogens is 163 g/mol. The fourth-order valence-corrected chi connectivity index (χ4v) is 0.941. The Bertz CT molecular complexity index is 164. The van der Waals surface area contributed by atoms with Crippen molar-refractivity contribution in [2.75, 3.05) is 13.3 Å². The van der Waals surface area contributed by atoms with E-state index in [-0.39, 0.29) is 0 Å². The molecule has 0 aliphatic rings. The molecule has 2 N–H and O–H groups in total. The second kappa shape index (κ2) is 3.68. The molecule has 0 aromatic carbocycles. The van der Waals surface area contributed by atoms with Gasteiger partial charge in [-0.3, -0.25) is 9.36 Å². The smallest absolute Gasteiger partial charge is 0.366 e. The summed E-state index contributed by atoms with van der Waals surface area (Å²) in [6.45, 7) is 0. The van der Waals surface area contributed by atoms with E-state index in [0.717, 1.165) is 7.11 Å². The molecule has 1 unspecified atom stereocenters. The Morgan fingerprint density at radius 1 is 1.70 bits per heavy atom. The van der Waals surface area contributed by atoms with E-state index in [4.69, 9.17) is 10.00 Å². The summed E-state index contributed by atoms with van der Waals surface area (Å²) in [5.74, 6) is -1.41. The van der Waals surface area contributed by atoms with Gasteiger partial charge in [0.1, 0.15) is 6.16 Å². The number of hydrogen-bond donors (Lipinski definition) is 2. The molecule has 6 nitrogen and oxygen atoms in total. The quantitative estimate of drug-likeness (QED) is 0.345. The van der Waals surface area contributed by atoms with Crippen molar-refractivity contribution in [3.05, 3.63) is 0 Å². The Labute approximate surface area is 56.8 Å². The van der Waals surface area contributed by atoms with Crippen molar-refractivity contribution in [1.29, 1.82) is 0 Å². The number of aliphatic carboxylic acids is 1. The molecule has 7 heteroatoms. The van der Waals surface area contributed by atoms with E-state index in [1.807, 2.05) is 0 Å². The van der Waals surface area contributed by atoms with Crippen LogP contribution in [0, 0.1) is 0 Å². The molecule has 60 valence electrons. The summed E-state index contributed by atoms with van der Waals surface area (Å²) in [5.41, 5.74) is 0. The van der Waals surface area contributed by atoms with Crippen LogP contribution in [-0.4, -0.2) is 29.2 Å². The first-order valence-electron chi connectivity index (χ1n) is 2.24. The molecule has 0 saturated carbocycles. The van der Waals surface area contributed by atoms with Gasteiger partial charge in [-0.05, 0) is 0 Å². The first-order chi connectivity index (χ1) is 4.48. The number of carbonyl (C=O) groups is 1. The Morgan fingerprint density at radius 3 is 2.50 bits per heavy atom. The predicted molar refractivity (Wildman–Crippen MR) is 30.4 cm³/mol. The van der Waals surface area contributed by atoms with Gasteiger partial charge in [0.2, 0.25) is 0 Å². The van der Waals surface area contributed by atoms with Gasteiger partial charge in [-0.2, -0.15) is 0 Å². The van der Waals surface area contributed by atoms with Gasteiger partial charge in [-0.25, -0.2) is 4.89 Å². The highest BCUT2D eigenvalue weighted by Crippen LogP contribution is 2.41. The highest BCUT2D eigenvalue weighted by Gasteiger charge is 2.24. The van der Waals surface area contributed by atoms with Crippen LogP contribution in [0.15, 0.2) is 0 Å². The van der Waals surface area contributed by atoms with Gasteiger partial charge in [0.15, 0.2) is 0 Å². The summed E-state index contributed by atoms with van der Waals surface area (Å²) >= 11 is 0. The van der Waals surface area contributed by atoms with Crippen LogP contribution in [0.1, 0.15) is 0 Å². The minimum atomic E-state index is -4.07. The molecule has 0 saturated heterocycles. The van der Waals surface area contributed by atoms with Crippen molar-refractivity contribution in [1.82, 2.24) is 0 Å². The van der Waals surface area contributed by atoms with Gasteiger partial charge in [0.05, 0.1) is 7.11 Å². The molecule has 0 fully saturated rings. The van der Waals surface area contributed by atoms with Crippen molar-refractivity contribution < 1.29 is 28.9 Å². The van der Waals surface area contributed by atoms with Crippen LogP contribution in [0.25, 0.3) is 0 Å². The fraction of sp³-hybridized carbons (Fsp3) is 0.667. The third-order valence-electron chi connectivity index (χ3n) is 0.526. The van der Waals surface area contributed by atoms with Crippen LogP contribution in [0.3, 0.4) is 0 Å². The Balaban J connectivity index is 3.87. The summed E-state index contributed by atoms with van der Waals surface area (Å²) in [5, 5.41) is 8.01. The van der Waals surface area contributed by atoms with E-state index in [0.29, 0.717) is 0 Å². The number of hydrogen-bond acceptors (Lipinski definition) is 4. The first-order valence-corrected chi connectivity index (χ1v) is 4.00. The largest absolute Gasteiger partial charge is 0.481 e. The molecule has 0 heterocycles. The van der Waals surface area contributed by atoms with E-state index >= 15 is 0 Å². The molecule has 0 bridgehead atoms. The zero-order chi connectivity index (χ0) is 8.20. The van der Waals surface area contributed by atoms with Gasteiger partial charge in [-0.15, -0.1) is 4.67 Å². The number of rotatable bonds is 4. The van der Waals surface area contributed by atoms with Gasteiger partial charge < -0.3 is 10.00 Å². The molecule has 0 aliphatic carbocycles. The molecule has 1 atom stereocenters. The average molecular weight is 170 g/mol. The van der Waals surface area contributed by atoms with E-state index in [2.05, 4.69) is 9.56 Å². The Hall–Kier alpha value is -0.420. The molecule has 0 amide bonds. The lowest BCUT2D eigenvalue weighted by Gasteiger charge is -2.04. The molecule has 0 radical (unpaired) electrons. The second-order valence-electron chi connectivity index (χ2n) is 1.43. The molecule has 0 rings (SSSR count). The van der Waals surface area contributed by atoms with Gasteiger partial charge in [0.25, 0.3) is 0 Å². The lowest BCUT2D eigenvalue weighted by molar-refractivity contribution is -0.185. The Morgan fingerprint density at radius 2 is 2.20 bits per heavy atom. The van der Waals surface area contributed by atoms with Crippen LogP contribution in [0.4, 0.5) is 0 Å². The van der Waals surface area contributed by atoms with Gasteiger partial charge in [-0.1, -0.05) is 0 Å². The SMILES string of the molecule is COOP(=O)(O)CC(=O)O. The van der Waals surface area contributed by atoms with Gasteiger partial charge in [0, 0.05) is 0 Å². The maximum Gasteiger partial charge on any atom is 0.366 e. The summed E-state index contributed by atoms with van der Waals surface area (Å²) < 4.78 is 14.2. The second-order valence-corrected chi connectivity index (χ2v) is 3.17. The molecule has 0 aromatic rings. The normalized spacial score (nSPS) is 16.2. The van der Waals surface area contributed by atoms with Crippen LogP contribution in [0.2, 0.25) is 0 Å². The lowest BCUT2D eigenvalue weighted by atomic mass is 10.8. The van der Waals surface area contributed by atoms with E-state index < -0.39 is 19.7 Å². The summed E-state index contributed by atoms with van der Waals surface area (Å²) in [6.07, 6.45) is -0.958.